The molecule has 1 heterocycles. The maximum atomic E-state index is 12.7. The Morgan fingerprint density at radius 2 is 1.88 bits per heavy atom. The average molecular weight is 384 g/mol. The molecule has 0 saturated carbocycles. The number of benzene rings is 2. The number of para-hydroxylation sites is 1. The highest BCUT2D eigenvalue weighted by atomic mass is 32.2. The monoisotopic (exact) mass is 384 g/mol. The van der Waals surface area contributed by atoms with Gasteiger partial charge < -0.3 is 4.57 Å². The molecule has 5 nitrogen and oxygen atoms in total. The van der Waals surface area contributed by atoms with E-state index in [4.69, 9.17) is 6.42 Å². The number of rotatable bonds is 4. The Labute approximate surface area is 155 Å². The van der Waals surface area contributed by atoms with E-state index in [0.29, 0.717) is 4.80 Å². The molecule has 0 N–H and O–H groups in total. The van der Waals surface area contributed by atoms with Gasteiger partial charge in [0, 0.05) is 0 Å². The quantitative estimate of drug-likeness (QED) is 0.650. The smallest absolute Gasteiger partial charge is 0.280 e. The first-order chi connectivity index (χ1) is 12.5. The van der Waals surface area contributed by atoms with Gasteiger partial charge in [-0.25, -0.2) is 8.42 Å². The van der Waals surface area contributed by atoms with Crippen LogP contribution in [0.25, 0.3) is 10.2 Å². The summed E-state index contributed by atoms with van der Waals surface area (Å²) >= 11 is 1.34. The van der Waals surface area contributed by atoms with Gasteiger partial charge in [-0.05, 0) is 24.3 Å². The maximum Gasteiger partial charge on any atom is 0.280 e. The van der Waals surface area contributed by atoms with Crippen molar-refractivity contribution in [3.63, 3.8) is 0 Å². The van der Waals surface area contributed by atoms with Crippen LogP contribution in [0.3, 0.4) is 0 Å². The molecule has 0 aliphatic heterocycles. The number of nitrogens with zero attached hydrogens (tertiary/aromatic N) is 2. The van der Waals surface area contributed by atoms with Crippen molar-refractivity contribution in [3.05, 3.63) is 58.9 Å². The summed E-state index contributed by atoms with van der Waals surface area (Å²) in [5, 5.41) is 0. The maximum absolute atomic E-state index is 12.7. The Balaban J connectivity index is 2.19. The zero-order valence-corrected chi connectivity index (χ0v) is 15.7. The van der Waals surface area contributed by atoms with Crippen LogP contribution < -0.4 is 4.80 Å². The topological polar surface area (TPSA) is 68.5 Å². The third-order valence-corrected chi connectivity index (χ3v) is 6.71. The number of terminal acetylenes is 1. The van der Waals surface area contributed by atoms with E-state index in [9.17, 15) is 13.2 Å². The highest BCUT2D eigenvalue weighted by Gasteiger charge is 2.20. The standard InChI is InChI=1S/C19H16N2O3S2/c1-3-13-21-15-10-6-7-11-16(15)25-19(21)20-18(22)14-9-5-8-12-17(14)26(23,24)4-2/h1,5-12H,4,13H2,2H3. The summed E-state index contributed by atoms with van der Waals surface area (Å²) in [4.78, 5) is 17.4. The Morgan fingerprint density at radius 1 is 1.19 bits per heavy atom. The molecule has 132 valence electrons. The second kappa shape index (κ2) is 7.28. The number of carbonyl (C=O) groups excluding carboxylic acids is 1. The van der Waals surface area contributed by atoms with Gasteiger partial charge in [0.15, 0.2) is 14.6 Å². The van der Waals surface area contributed by atoms with E-state index in [1.165, 1.54) is 23.5 Å². The first kappa shape index (κ1) is 18.1. The van der Waals surface area contributed by atoms with E-state index < -0.39 is 15.7 Å². The molecule has 3 aromatic rings. The SMILES string of the molecule is C#CCn1c(=NC(=O)c2ccccc2S(=O)(=O)CC)sc2ccccc21. The molecule has 0 spiro atoms. The first-order valence-corrected chi connectivity index (χ1v) is 10.4. The summed E-state index contributed by atoms with van der Waals surface area (Å²) in [5.41, 5.74) is 0.954. The zero-order chi connectivity index (χ0) is 18.7. The highest BCUT2D eigenvalue weighted by Crippen LogP contribution is 2.19. The largest absolute Gasteiger partial charge is 0.305 e. The molecule has 0 saturated heterocycles. The molecule has 0 radical (unpaired) electrons. The number of thiazole rings is 1. The fraction of sp³-hybridized carbons (Fsp3) is 0.158. The van der Waals surface area contributed by atoms with Crippen LogP contribution in [0.1, 0.15) is 17.3 Å². The van der Waals surface area contributed by atoms with Crippen LogP contribution in [-0.2, 0) is 16.4 Å². The molecule has 0 fully saturated rings. The molecule has 0 aliphatic rings. The second-order valence-corrected chi connectivity index (χ2v) is 8.71. The lowest BCUT2D eigenvalue weighted by molar-refractivity contribution is 0.0994. The minimum Gasteiger partial charge on any atom is -0.305 e. The summed E-state index contributed by atoms with van der Waals surface area (Å²) < 4.78 is 27.3. The van der Waals surface area contributed by atoms with Gasteiger partial charge in [-0.1, -0.05) is 48.4 Å². The molecule has 0 bridgehead atoms. The number of carbonyl (C=O) groups is 1. The van der Waals surface area contributed by atoms with Crippen LogP contribution >= 0.6 is 11.3 Å². The predicted molar refractivity (Wildman–Crippen MR) is 103 cm³/mol. The van der Waals surface area contributed by atoms with E-state index >= 15 is 0 Å². The van der Waals surface area contributed by atoms with Crippen molar-refractivity contribution in [2.75, 3.05) is 5.75 Å². The molecule has 1 aromatic heterocycles. The molecular weight excluding hydrogens is 368 g/mol. The molecule has 1 amide bonds. The van der Waals surface area contributed by atoms with Crippen LogP contribution in [0.5, 0.6) is 0 Å². The van der Waals surface area contributed by atoms with Gasteiger partial charge >= 0.3 is 0 Å². The van der Waals surface area contributed by atoms with Crippen molar-refractivity contribution in [2.45, 2.75) is 18.4 Å². The van der Waals surface area contributed by atoms with E-state index in [0.717, 1.165) is 10.2 Å². The van der Waals surface area contributed by atoms with E-state index in [2.05, 4.69) is 10.9 Å². The molecule has 7 heteroatoms. The molecule has 26 heavy (non-hydrogen) atoms. The van der Waals surface area contributed by atoms with Crippen molar-refractivity contribution < 1.29 is 13.2 Å². The van der Waals surface area contributed by atoms with Crippen molar-refractivity contribution in [2.24, 2.45) is 4.99 Å². The van der Waals surface area contributed by atoms with Crippen LogP contribution in [-0.4, -0.2) is 24.6 Å². The van der Waals surface area contributed by atoms with Crippen molar-refractivity contribution >= 4 is 37.3 Å². The molecule has 3 rings (SSSR count). The molecule has 2 aromatic carbocycles. The van der Waals surface area contributed by atoms with Crippen molar-refractivity contribution in [3.8, 4) is 12.3 Å². The van der Waals surface area contributed by atoms with Gasteiger partial charge in [-0.3, -0.25) is 4.79 Å². The number of hydrogen-bond acceptors (Lipinski definition) is 4. The van der Waals surface area contributed by atoms with E-state index in [-0.39, 0.29) is 22.8 Å². The second-order valence-electron chi connectivity index (χ2n) is 5.46. The minimum absolute atomic E-state index is 0.000797. The van der Waals surface area contributed by atoms with E-state index in [1.807, 2.05) is 24.3 Å². The molecule has 0 aliphatic carbocycles. The normalized spacial score (nSPS) is 12.2. The van der Waals surface area contributed by atoms with Crippen LogP contribution in [0.4, 0.5) is 0 Å². The number of sulfone groups is 1. The van der Waals surface area contributed by atoms with Gasteiger partial charge in [0.25, 0.3) is 5.91 Å². The number of aromatic nitrogens is 1. The third kappa shape index (κ3) is 3.34. The zero-order valence-electron chi connectivity index (χ0n) is 14.0. The van der Waals surface area contributed by atoms with Gasteiger partial charge in [-0.2, -0.15) is 4.99 Å². The van der Waals surface area contributed by atoms with Gasteiger partial charge in [0.1, 0.15) is 0 Å². The lowest BCUT2D eigenvalue weighted by atomic mass is 10.2. The van der Waals surface area contributed by atoms with Crippen LogP contribution in [0, 0.1) is 12.3 Å². The minimum atomic E-state index is -3.53. The fourth-order valence-electron chi connectivity index (χ4n) is 2.57. The third-order valence-electron chi connectivity index (χ3n) is 3.87. The summed E-state index contributed by atoms with van der Waals surface area (Å²) in [7, 11) is -3.53. The Hall–Kier alpha value is -2.69. The molecular formula is C19H16N2O3S2. The average Bonchev–Trinajstić information content (AvgIpc) is 2.99. The fourth-order valence-corrected chi connectivity index (χ4v) is 4.68. The Morgan fingerprint density at radius 3 is 2.62 bits per heavy atom. The lowest BCUT2D eigenvalue weighted by Gasteiger charge is -2.06. The van der Waals surface area contributed by atoms with Gasteiger partial charge in [0.05, 0.1) is 33.0 Å². The summed E-state index contributed by atoms with van der Waals surface area (Å²) in [6.45, 7) is 1.81. The summed E-state index contributed by atoms with van der Waals surface area (Å²) in [6.07, 6.45) is 5.45. The Bertz CT molecular complexity index is 1200. The number of amides is 1. The molecule has 0 unspecified atom stereocenters. The predicted octanol–water partition coefficient (Wildman–Crippen LogP) is 2.87. The number of fused-ring (bicyclic) bond motifs is 1. The number of hydrogen-bond donors (Lipinski definition) is 0. The lowest BCUT2D eigenvalue weighted by Crippen LogP contribution is -2.17. The van der Waals surface area contributed by atoms with Crippen LogP contribution in [0.15, 0.2) is 58.4 Å². The highest BCUT2D eigenvalue weighted by molar-refractivity contribution is 7.91. The van der Waals surface area contributed by atoms with Crippen LogP contribution in [0.2, 0.25) is 0 Å². The summed E-state index contributed by atoms with van der Waals surface area (Å²) in [6, 6.07) is 13.7. The molecule has 0 atom stereocenters. The van der Waals surface area contributed by atoms with E-state index in [1.54, 1.807) is 23.6 Å². The van der Waals surface area contributed by atoms with Gasteiger partial charge in [-0.15, -0.1) is 6.42 Å². The van der Waals surface area contributed by atoms with Crippen molar-refractivity contribution in [1.29, 1.82) is 0 Å². The van der Waals surface area contributed by atoms with Crippen molar-refractivity contribution in [1.82, 2.24) is 4.57 Å². The van der Waals surface area contributed by atoms with Gasteiger partial charge in [0.2, 0.25) is 0 Å². The first-order valence-electron chi connectivity index (χ1n) is 7.90. The Kier molecular flexibility index (Phi) is 5.07. The summed E-state index contributed by atoms with van der Waals surface area (Å²) in [5.74, 6) is 1.87.